The van der Waals surface area contributed by atoms with E-state index in [9.17, 15) is 4.79 Å². The van der Waals surface area contributed by atoms with Gasteiger partial charge in [-0.2, -0.15) is 0 Å². The summed E-state index contributed by atoms with van der Waals surface area (Å²) in [6.45, 7) is 1.43. The largest absolute Gasteiger partial charge is 0.493 e. The fraction of sp³-hybridized carbons (Fsp3) is 0.318. The van der Waals surface area contributed by atoms with Crippen LogP contribution < -0.4 is 9.47 Å². The monoisotopic (exact) mass is 398 g/mol. The number of aromatic amines is 1. The molecule has 1 aliphatic rings. The van der Waals surface area contributed by atoms with Crippen LogP contribution in [0.2, 0.25) is 5.02 Å². The molecule has 146 valence electrons. The smallest absolute Gasteiger partial charge is 0.254 e. The molecule has 6 heteroatoms. The van der Waals surface area contributed by atoms with Gasteiger partial charge in [-0.3, -0.25) is 4.79 Å². The summed E-state index contributed by atoms with van der Waals surface area (Å²) >= 11 is 6.26. The molecule has 1 aliphatic heterocycles. The van der Waals surface area contributed by atoms with Gasteiger partial charge >= 0.3 is 0 Å². The van der Waals surface area contributed by atoms with Crippen LogP contribution in [-0.2, 0) is 0 Å². The Bertz CT molecular complexity index is 1010. The third kappa shape index (κ3) is 3.31. The van der Waals surface area contributed by atoms with Gasteiger partial charge in [0.2, 0.25) is 0 Å². The Morgan fingerprint density at radius 1 is 1.14 bits per heavy atom. The number of nitrogens with one attached hydrogen (secondary N) is 1. The number of likely N-dealkylation sites (tertiary alicyclic amines) is 1. The van der Waals surface area contributed by atoms with Crippen molar-refractivity contribution in [1.82, 2.24) is 9.88 Å². The van der Waals surface area contributed by atoms with Crippen molar-refractivity contribution in [2.24, 2.45) is 0 Å². The second-order valence-corrected chi connectivity index (χ2v) is 7.46. The Kier molecular flexibility index (Phi) is 5.18. The van der Waals surface area contributed by atoms with E-state index < -0.39 is 0 Å². The molecule has 1 fully saturated rings. The van der Waals surface area contributed by atoms with E-state index in [4.69, 9.17) is 21.1 Å². The second kappa shape index (κ2) is 7.76. The lowest BCUT2D eigenvalue weighted by Gasteiger charge is -2.32. The van der Waals surface area contributed by atoms with Gasteiger partial charge < -0.3 is 19.4 Å². The van der Waals surface area contributed by atoms with Crippen LogP contribution in [0, 0.1) is 0 Å². The first-order valence-corrected chi connectivity index (χ1v) is 9.77. The van der Waals surface area contributed by atoms with Crippen molar-refractivity contribution in [3.05, 3.63) is 58.7 Å². The molecular weight excluding hydrogens is 376 g/mol. The van der Waals surface area contributed by atoms with E-state index in [1.165, 1.54) is 25.2 Å². The minimum atomic E-state index is -0.0276. The number of halogens is 1. The maximum Gasteiger partial charge on any atom is 0.254 e. The molecule has 1 amide bonds. The highest BCUT2D eigenvalue weighted by Gasteiger charge is 2.27. The van der Waals surface area contributed by atoms with Crippen LogP contribution in [0.5, 0.6) is 11.5 Å². The molecule has 4 rings (SSSR count). The van der Waals surface area contributed by atoms with E-state index in [0.29, 0.717) is 28.0 Å². The van der Waals surface area contributed by atoms with Gasteiger partial charge in [-0.25, -0.2) is 0 Å². The number of nitrogens with zero attached hydrogens (tertiary/aromatic N) is 1. The van der Waals surface area contributed by atoms with Crippen molar-refractivity contribution in [2.75, 3.05) is 27.3 Å². The molecule has 0 unspecified atom stereocenters. The number of para-hydroxylation sites is 1. The summed E-state index contributed by atoms with van der Waals surface area (Å²) in [4.78, 5) is 18.2. The number of rotatable bonds is 4. The third-order valence-electron chi connectivity index (χ3n) is 5.52. The molecule has 5 nitrogen and oxygen atoms in total. The number of aromatic nitrogens is 1. The number of piperidine rings is 1. The zero-order chi connectivity index (χ0) is 19.7. The average molecular weight is 399 g/mol. The number of amides is 1. The maximum absolute atomic E-state index is 13.0. The van der Waals surface area contributed by atoms with Crippen molar-refractivity contribution in [2.45, 2.75) is 18.8 Å². The number of hydrogen-bond donors (Lipinski definition) is 1. The minimum Gasteiger partial charge on any atom is -0.493 e. The van der Waals surface area contributed by atoms with Gasteiger partial charge in [0, 0.05) is 35.8 Å². The lowest BCUT2D eigenvalue weighted by atomic mass is 9.89. The minimum absolute atomic E-state index is 0.0276. The SMILES string of the molecule is COc1cc(C(=O)N2CCC(c3c[nH]c4ccccc34)CC2)cc(Cl)c1OC. The molecule has 1 N–H and O–H groups in total. The van der Waals surface area contributed by atoms with Gasteiger partial charge in [0.05, 0.1) is 19.2 Å². The first-order chi connectivity index (χ1) is 13.6. The average Bonchev–Trinajstić information content (AvgIpc) is 3.17. The summed E-state index contributed by atoms with van der Waals surface area (Å²) in [5.41, 5.74) is 3.03. The van der Waals surface area contributed by atoms with E-state index in [0.717, 1.165) is 31.4 Å². The van der Waals surface area contributed by atoms with Gasteiger partial charge in [0.15, 0.2) is 11.5 Å². The molecular formula is C22H23ClN2O3. The Morgan fingerprint density at radius 3 is 2.61 bits per heavy atom. The van der Waals surface area contributed by atoms with Crippen molar-refractivity contribution in [3.8, 4) is 11.5 Å². The molecule has 1 aromatic heterocycles. The number of hydrogen-bond acceptors (Lipinski definition) is 3. The first-order valence-electron chi connectivity index (χ1n) is 9.39. The molecule has 0 saturated carbocycles. The predicted molar refractivity (Wildman–Crippen MR) is 111 cm³/mol. The van der Waals surface area contributed by atoms with Gasteiger partial charge in [0.1, 0.15) is 0 Å². The summed E-state index contributed by atoms with van der Waals surface area (Å²) in [5, 5.41) is 1.65. The molecule has 28 heavy (non-hydrogen) atoms. The normalized spacial score (nSPS) is 15.0. The highest BCUT2D eigenvalue weighted by molar-refractivity contribution is 6.32. The van der Waals surface area contributed by atoms with E-state index in [1.807, 2.05) is 11.0 Å². The van der Waals surface area contributed by atoms with Crippen LogP contribution >= 0.6 is 11.6 Å². The molecule has 0 spiro atoms. The first kappa shape index (κ1) is 18.7. The number of carbonyl (C=O) groups is 1. The van der Waals surface area contributed by atoms with Gasteiger partial charge in [0.25, 0.3) is 5.91 Å². The third-order valence-corrected chi connectivity index (χ3v) is 5.80. The molecule has 0 bridgehead atoms. The van der Waals surface area contributed by atoms with Gasteiger partial charge in [-0.15, -0.1) is 0 Å². The number of carbonyl (C=O) groups excluding carboxylic acids is 1. The molecule has 0 radical (unpaired) electrons. The summed E-state index contributed by atoms with van der Waals surface area (Å²) in [5.74, 6) is 1.33. The number of benzene rings is 2. The summed E-state index contributed by atoms with van der Waals surface area (Å²) in [6, 6.07) is 11.7. The second-order valence-electron chi connectivity index (χ2n) is 7.05. The van der Waals surface area contributed by atoms with E-state index >= 15 is 0 Å². The van der Waals surface area contributed by atoms with E-state index in [-0.39, 0.29) is 5.91 Å². The predicted octanol–water partition coefficient (Wildman–Crippen LogP) is 4.86. The van der Waals surface area contributed by atoms with Crippen LogP contribution in [0.4, 0.5) is 0 Å². The van der Waals surface area contributed by atoms with Gasteiger partial charge in [-0.1, -0.05) is 29.8 Å². The van der Waals surface area contributed by atoms with Gasteiger partial charge in [-0.05, 0) is 42.5 Å². The van der Waals surface area contributed by atoms with Crippen molar-refractivity contribution in [1.29, 1.82) is 0 Å². The summed E-state index contributed by atoms with van der Waals surface area (Å²) in [7, 11) is 3.07. The topological polar surface area (TPSA) is 54.6 Å². The molecule has 3 aromatic rings. The molecule has 1 saturated heterocycles. The Balaban J connectivity index is 1.49. The van der Waals surface area contributed by atoms with Crippen molar-refractivity contribution >= 4 is 28.4 Å². The van der Waals surface area contributed by atoms with Crippen molar-refractivity contribution in [3.63, 3.8) is 0 Å². The van der Waals surface area contributed by atoms with Crippen LogP contribution in [0.3, 0.4) is 0 Å². The highest BCUT2D eigenvalue weighted by atomic mass is 35.5. The van der Waals surface area contributed by atoms with Crippen LogP contribution in [0.15, 0.2) is 42.6 Å². The highest BCUT2D eigenvalue weighted by Crippen LogP contribution is 2.37. The Morgan fingerprint density at radius 2 is 1.89 bits per heavy atom. The van der Waals surface area contributed by atoms with Crippen LogP contribution in [0.25, 0.3) is 10.9 Å². The van der Waals surface area contributed by atoms with E-state index in [2.05, 4.69) is 29.4 Å². The summed E-state index contributed by atoms with van der Waals surface area (Å²) in [6.07, 6.45) is 3.99. The number of fused-ring (bicyclic) bond motifs is 1. The molecule has 2 heterocycles. The number of methoxy groups -OCH3 is 2. The standard InChI is InChI=1S/C22H23ClN2O3/c1-27-20-12-15(11-18(23)21(20)28-2)22(26)25-9-7-14(8-10-25)17-13-24-19-6-4-3-5-16(17)19/h3-6,11-14,24H,7-10H2,1-2H3. The molecule has 0 aliphatic carbocycles. The number of ether oxygens (including phenoxy) is 2. The van der Waals surface area contributed by atoms with Crippen molar-refractivity contribution < 1.29 is 14.3 Å². The zero-order valence-corrected chi connectivity index (χ0v) is 16.8. The van der Waals surface area contributed by atoms with Crippen LogP contribution in [-0.4, -0.2) is 43.1 Å². The molecule has 2 aromatic carbocycles. The number of H-pyrrole nitrogens is 1. The molecule has 0 atom stereocenters. The fourth-order valence-corrected chi connectivity index (χ4v) is 4.34. The Hall–Kier alpha value is -2.66. The van der Waals surface area contributed by atoms with Crippen LogP contribution in [0.1, 0.15) is 34.7 Å². The lowest BCUT2D eigenvalue weighted by Crippen LogP contribution is -2.37. The fourth-order valence-electron chi connectivity index (χ4n) is 4.05. The zero-order valence-electron chi connectivity index (χ0n) is 16.0. The quantitative estimate of drug-likeness (QED) is 0.682. The van der Waals surface area contributed by atoms with E-state index in [1.54, 1.807) is 12.1 Å². The summed E-state index contributed by atoms with van der Waals surface area (Å²) < 4.78 is 10.6. The Labute approximate surface area is 169 Å². The lowest BCUT2D eigenvalue weighted by molar-refractivity contribution is 0.0713. The maximum atomic E-state index is 13.0.